The zero-order valence-corrected chi connectivity index (χ0v) is 18.4. The summed E-state index contributed by atoms with van der Waals surface area (Å²) >= 11 is 0. The fourth-order valence-corrected chi connectivity index (χ4v) is 4.46. The smallest absolute Gasteiger partial charge is 0.204 e. The van der Waals surface area contributed by atoms with Crippen LogP contribution in [0.15, 0.2) is 91.0 Å². The predicted molar refractivity (Wildman–Crippen MR) is 134 cm³/mol. The van der Waals surface area contributed by atoms with Crippen molar-refractivity contribution < 1.29 is 0 Å². The fourth-order valence-electron chi connectivity index (χ4n) is 4.46. The number of piperidine rings is 1. The number of nitrogens with zero attached hydrogens (tertiary/aromatic N) is 3. The zero-order chi connectivity index (χ0) is 21.6. The summed E-state index contributed by atoms with van der Waals surface area (Å²) < 4.78 is 2.32. The summed E-state index contributed by atoms with van der Waals surface area (Å²) in [5, 5.41) is 3.77. The van der Waals surface area contributed by atoms with E-state index < -0.39 is 0 Å². The third kappa shape index (κ3) is 4.92. The number of nitrogens with one attached hydrogen (secondary N) is 1. The summed E-state index contributed by atoms with van der Waals surface area (Å²) in [7, 11) is 0. The van der Waals surface area contributed by atoms with Crippen molar-refractivity contribution in [2.75, 3.05) is 25.0 Å². The molecule has 32 heavy (non-hydrogen) atoms. The van der Waals surface area contributed by atoms with Gasteiger partial charge in [-0.1, -0.05) is 84.9 Å². The summed E-state index contributed by atoms with van der Waals surface area (Å²) in [5.41, 5.74) is 4.79. The number of hydrogen-bond donors (Lipinski definition) is 1. The van der Waals surface area contributed by atoms with Gasteiger partial charge in [0.05, 0.1) is 17.6 Å². The number of para-hydroxylation sites is 2. The number of rotatable bonds is 7. The Balaban J connectivity index is 1.23. The van der Waals surface area contributed by atoms with Gasteiger partial charge in [-0.3, -0.25) is 4.90 Å². The molecule has 4 nitrogen and oxygen atoms in total. The van der Waals surface area contributed by atoms with Crippen LogP contribution in [-0.4, -0.2) is 40.1 Å². The fraction of sp³-hybridized carbons (Fsp3) is 0.250. The Hall–Kier alpha value is -3.37. The minimum absolute atomic E-state index is 0.454. The van der Waals surface area contributed by atoms with Crippen LogP contribution in [0.5, 0.6) is 0 Å². The van der Waals surface area contributed by atoms with Gasteiger partial charge in [-0.25, -0.2) is 4.98 Å². The van der Waals surface area contributed by atoms with E-state index in [2.05, 4.69) is 112 Å². The van der Waals surface area contributed by atoms with Gasteiger partial charge in [-0.2, -0.15) is 0 Å². The van der Waals surface area contributed by atoms with E-state index in [0.29, 0.717) is 6.04 Å². The Kier molecular flexibility index (Phi) is 6.31. The molecule has 1 aromatic heterocycles. The largest absolute Gasteiger partial charge is 0.353 e. The number of benzene rings is 3. The van der Waals surface area contributed by atoms with Crippen LogP contribution in [0, 0.1) is 0 Å². The maximum Gasteiger partial charge on any atom is 0.204 e. The van der Waals surface area contributed by atoms with Crippen LogP contribution in [0.25, 0.3) is 17.1 Å². The molecule has 0 radical (unpaired) electrons. The van der Waals surface area contributed by atoms with Crippen LogP contribution in [0.2, 0.25) is 0 Å². The van der Waals surface area contributed by atoms with Crippen LogP contribution in [0.3, 0.4) is 0 Å². The summed E-state index contributed by atoms with van der Waals surface area (Å²) in [6, 6.07) is 30.0. The molecule has 0 atom stereocenters. The molecule has 1 aliphatic rings. The molecule has 4 heteroatoms. The maximum atomic E-state index is 4.93. The van der Waals surface area contributed by atoms with Crippen molar-refractivity contribution in [2.24, 2.45) is 0 Å². The van der Waals surface area contributed by atoms with Gasteiger partial charge in [0.1, 0.15) is 0 Å². The van der Waals surface area contributed by atoms with Crippen molar-refractivity contribution in [3.8, 4) is 0 Å². The number of aromatic nitrogens is 2. The highest BCUT2D eigenvalue weighted by Crippen LogP contribution is 2.24. The number of hydrogen-bond acceptors (Lipinski definition) is 3. The van der Waals surface area contributed by atoms with E-state index in [1.807, 2.05) is 0 Å². The first-order chi connectivity index (χ1) is 15.8. The highest BCUT2D eigenvalue weighted by Gasteiger charge is 2.21. The molecule has 4 aromatic rings. The highest BCUT2D eigenvalue weighted by atomic mass is 15.2. The van der Waals surface area contributed by atoms with Gasteiger partial charge in [-0.15, -0.1) is 0 Å². The highest BCUT2D eigenvalue weighted by molar-refractivity contribution is 5.78. The number of fused-ring (bicyclic) bond motifs is 1. The van der Waals surface area contributed by atoms with E-state index >= 15 is 0 Å². The molecular weight excluding hydrogens is 392 g/mol. The van der Waals surface area contributed by atoms with Gasteiger partial charge in [0, 0.05) is 25.7 Å². The molecular formula is C28H30N4. The first-order valence-corrected chi connectivity index (χ1v) is 11.5. The van der Waals surface area contributed by atoms with Gasteiger partial charge in [0.2, 0.25) is 5.95 Å². The summed E-state index contributed by atoms with van der Waals surface area (Å²) in [4.78, 5) is 7.46. The molecule has 0 aliphatic carbocycles. The minimum Gasteiger partial charge on any atom is -0.353 e. The normalized spacial score (nSPS) is 15.5. The second-order valence-corrected chi connectivity index (χ2v) is 8.53. The minimum atomic E-state index is 0.454. The van der Waals surface area contributed by atoms with Gasteiger partial charge >= 0.3 is 0 Å². The third-order valence-corrected chi connectivity index (χ3v) is 6.23. The Morgan fingerprint density at radius 2 is 1.53 bits per heavy atom. The van der Waals surface area contributed by atoms with Crippen molar-refractivity contribution >= 4 is 23.1 Å². The maximum absolute atomic E-state index is 4.93. The number of imidazole rings is 1. The third-order valence-electron chi connectivity index (χ3n) is 6.23. The van der Waals surface area contributed by atoms with Gasteiger partial charge in [0.25, 0.3) is 0 Å². The molecule has 0 bridgehead atoms. The topological polar surface area (TPSA) is 33.1 Å². The van der Waals surface area contributed by atoms with Crippen LogP contribution >= 0.6 is 0 Å². The van der Waals surface area contributed by atoms with E-state index in [1.165, 1.54) is 16.6 Å². The lowest BCUT2D eigenvalue weighted by atomic mass is 10.1. The molecule has 1 fully saturated rings. The average Bonchev–Trinajstić information content (AvgIpc) is 3.18. The van der Waals surface area contributed by atoms with E-state index in [4.69, 9.17) is 4.98 Å². The van der Waals surface area contributed by atoms with Crippen molar-refractivity contribution in [3.63, 3.8) is 0 Å². The molecule has 5 rings (SSSR count). The van der Waals surface area contributed by atoms with Gasteiger partial charge in [-0.05, 0) is 36.1 Å². The Bertz CT molecular complexity index is 1160. The van der Waals surface area contributed by atoms with Crippen molar-refractivity contribution in [1.29, 1.82) is 0 Å². The number of likely N-dealkylation sites (tertiary alicyclic amines) is 1. The lowest BCUT2D eigenvalue weighted by molar-refractivity contribution is 0.240. The molecule has 0 unspecified atom stereocenters. The Morgan fingerprint density at radius 1 is 0.844 bits per heavy atom. The second kappa shape index (κ2) is 9.84. The summed E-state index contributed by atoms with van der Waals surface area (Å²) in [5.74, 6) is 0.984. The molecule has 1 aliphatic heterocycles. The molecule has 0 saturated carbocycles. The van der Waals surface area contributed by atoms with Crippen molar-refractivity contribution in [3.05, 3.63) is 102 Å². The molecule has 162 valence electrons. The number of anilines is 1. The lowest BCUT2D eigenvalue weighted by Crippen LogP contribution is -2.39. The van der Waals surface area contributed by atoms with E-state index in [9.17, 15) is 0 Å². The van der Waals surface area contributed by atoms with E-state index in [1.54, 1.807) is 0 Å². The zero-order valence-electron chi connectivity index (χ0n) is 18.4. The second-order valence-electron chi connectivity index (χ2n) is 8.53. The first-order valence-electron chi connectivity index (χ1n) is 11.5. The SMILES string of the molecule is C(=C\c1ccccc1)/CN1CCC(Nc2nc3ccccc3n2Cc2ccccc2)CC1. The van der Waals surface area contributed by atoms with Crippen molar-refractivity contribution in [1.82, 2.24) is 14.5 Å². The van der Waals surface area contributed by atoms with Crippen molar-refractivity contribution in [2.45, 2.75) is 25.4 Å². The lowest BCUT2D eigenvalue weighted by Gasteiger charge is -2.32. The van der Waals surface area contributed by atoms with E-state index in [-0.39, 0.29) is 0 Å². The predicted octanol–water partition coefficient (Wildman–Crippen LogP) is 5.67. The molecule has 1 saturated heterocycles. The molecule has 0 spiro atoms. The van der Waals surface area contributed by atoms with Crippen LogP contribution in [0.4, 0.5) is 5.95 Å². The Labute approximate surface area is 190 Å². The quantitative estimate of drug-likeness (QED) is 0.416. The van der Waals surface area contributed by atoms with E-state index in [0.717, 1.165) is 50.5 Å². The van der Waals surface area contributed by atoms with Gasteiger partial charge in [0.15, 0.2) is 0 Å². The Morgan fingerprint density at radius 3 is 2.31 bits per heavy atom. The van der Waals surface area contributed by atoms with Crippen LogP contribution < -0.4 is 5.32 Å². The molecule has 2 heterocycles. The van der Waals surface area contributed by atoms with Crippen LogP contribution in [0.1, 0.15) is 24.0 Å². The summed E-state index contributed by atoms with van der Waals surface area (Å²) in [6.45, 7) is 4.05. The standard InChI is InChI=1S/C28H30N4/c1-3-10-23(11-4-1)14-9-19-31-20-17-25(18-21-31)29-28-30-26-15-7-8-16-27(26)32(28)22-24-12-5-2-6-13-24/h1-16,25H,17-22H2,(H,29,30)/b14-9+. The average molecular weight is 423 g/mol. The molecule has 0 amide bonds. The molecule has 3 aromatic carbocycles. The molecule has 1 N–H and O–H groups in total. The summed E-state index contributed by atoms with van der Waals surface area (Å²) in [6.07, 6.45) is 6.76. The monoisotopic (exact) mass is 422 g/mol. The first kappa shape index (κ1) is 20.5. The van der Waals surface area contributed by atoms with Crippen LogP contribution in [-0.2, 0) is 6.54 Å². The van der Waals surface area contributed by atoms with Gasteiger partial charge < -0.3 is 9.88 Å².